The van der Waals surface area contributed by atoms with E-state index in [2.05, 4.69) is 26.1 Å². The van der Waals surface area contributed by atoms with Crippen molar-refractivity contribution in [2.45, 2.75) is 46.2 Å². The highest BCUT2D eigenvalue weighted by atomic mass is 16.7. The molecule has 2 rings (SSSR count). The normalized spacial score (nSPS) is 14.9. The van der Waals surface area contributed by atoms with Gasteiger partial charge in [-0.25, -0.2) is 0 Å². The van der Waals surface area contributed by atoms with Crippen LogP contribution in [0.25, 0.3) is 0 Å². The topological polar surface area (TPSA) is 50.7 Å². The van der Waals surface area contributed by atoms with E-state index in [4.69, 9.17) is 9.47 Å². The Morgan fingerprint density at radius 1 is 1.16 bits per heavy atom. The van der Waals surface area contributed by atoms with Gasteiger partial charge in [0.25, 0.3) is 0 Å². The first-order chi connectivity index (χ1) is 9.06. The molecule has 0 saturated heterocycles. The SMILES string of the molecule is CC(C)CCC(C)NCc1cc2c(cc1O)OCO2. The Bertz CT molecular complexity index is 432. The van der Waals surface area contributed by atoms with Crippen molar-refractivity contribution in [3.05, 3.63) is 17.7 Å². The van der Waals surface area contributed by atoms with Crippen LogP contribution in [0.15, 0.2) is 12.1 Å². The molecule has 0 fully saturated rings. The van der Waals surface area contributed by atoms with Gasteiger partial charge in [0.1, 0.15) is 5.75 Å². The van der Waals surface area contributed by atoms with Crippen LogP contribution in [0, 0.1) is 5.92 Å². The molecular formula is C15H23NO3. The van der Waals surface area contributed by atoms with Gasteiger partial charge in [-0.05, 0) is 31.7 Å². The van der Waals surface area contributed by atoms with Crippen LogP contribution in [-0.4, -0.2) is 17.9 Å². The maximum atomic E-state index is 9.93. The number of hydrogen-bond acceptors (Lipinski definition) is 4. The van der Waals surface area contributed by atoms with Crippen LogP contribution < -0.4 is 14.8 Å². The second-order valence-electron chi connectivity index (χ2n) is 5.59. The van der Waals surface area contributed by atoms with Crippen LogP contribution in [0.3, 0.4) is 0 Å². The largest absolute Gasteiger partial charge is 0.507 e. The number of phenols is 1. The van der Waals surface area contributed by atoms with Gasteiger partial charge in [-0.1, -0.05) is 13.8 Å². The highest BCUT2D eigenvalue weighted by Gasteiger charge is 2.17. The average Bonchev–Trinajstić information content (AvgIpc) is 2.80. The van der Waals surface area contributed by atoms with Crippen LogP contribution in [-0.2, 0) is 6.54 Å². The molecule has 1 aromatic rings. The van der Waals surface area contributed by atoms with E-state index in [9.17, 15) is 5.11 Å². The minimum atomic E-state index is 0.233. The van der Waals surface area contributed by atoms with Crippen molar-refractivity contribution in [3.8, 4) is 17.2 Å². The van der Waals surface area contributed by atoms with Crippen molar-refractivity contribution in [1.29, 1.82) is 0 Å². The smallest absolute Gasteiger partial charge is 0.231 e. The number of phenolic OH excluding ortho intramolecular Hbond substituents is 1. The second kappa shape index (κ2) is 6.15. The standard InChI is InChI=1S/C15H23NO3/c1-10(2)4-5-11(3)16-8-12-6-14-15(7-13(12)17)19-9-18-14/h6-7,10-11,16-17H,4-5,8-9H2,1-3H3. The van der Waals surface area contributed by atoms with E-state index in [0.29, 0.717) is 24.1 Å². The van der Waals surface area contributed by atoms with Gasteiger partial charge in [-0.15, -0.1) is 0 Å². The molecule has 2 N–H and O–H groups in total. The predicted molar refractivity (Wildman–Crippen MR) is 74.6 cm³/mol. The molecule has 0 spiro atoms. The molecular weight excluding hydrogens is 242 g/mol. The maximum Gasteiger partial charge on any atom is 0.231 e. The summed E-state index contributed by atoms with van der Waals surface area (Å²) in [4.78, 5) is 0. The summed E-state index contributed by atoms with van der Waals surface area (Å²) in [7, 11) is 0. The van der Waals surface area contributed by atoms with E-state index in [1.54, 1.807) is 6.07 Å². The lowest BCUT2D eigenvalue weighted by Gasteiger charge is -2.15. The lowest BCUT2D eigenvalue weighted by atomic mass is 10.0. The van der Waals surface area contributed by atoms with Crippen LogP contribution in [0.2, 0.25) is 0 Å². The summed E-state index contributed by atoms with van der Waals surface area (Å²) in [5, 5.41) is 13.4. The van der Waals surface area contributed by atoms with Crippen LogP contribution in [0.4, 0.5) is 0 Å². The van der Waals surface area contributed by atoms with Crippen molar-refractivity contribution in [2.24, 2.45) is 5.92 Å². The van der Waals surface area contributed by atoms with Gasteiger partial charge in [-0.2, -0.15) is 0 Å². The van der Waals surface area contributed by atoms with Gasteiger partial charge < -0.3 is 19.9 Å². The summed E-state index contributed by atoms with van der Waals surface area (Å²) in [5.74, 6) is 2.31. The highest BCUT2D eigenvalue weighted by Crippen LogP contribution is 2.37. The number of fused-ring (bicyclic) bond motifs is 1. The number of benzene rings is 1. The van der Waals surface area contributed by atoms with Crippen molar-refractivity contribution in [2.75, 3.05) is 6.79 Å². The van der Waals surface area contributed by atoms with Gasteiger partial charge in [0.05, 0.1) is 0 Å². The van der Waals surface area contributed by atoms with Gasteiger partial charge >= 0.3 is 0 Å². The van der Waals surface area contributed by atoms with Crippen LogP contribution in [0.5, 0.6) is 17.2 Å². The molecule has 1 aliphatic heterocycles. The first kappa shape index (κ1) is 14.0. The lowest BCUT2D eigenvalue weighted by molar-refractivity contribution is 0.174. The van der Waals surface area contributed by atoms with E-state index >= 15 is 0 Å². The summed E-state index contributed by atoms with van der Waals surface area (Å²) in [6.07, 6.45) is 2.35. The fourth-order valence-electron chi connectivity index (χ4n) is 2.08. The van der Waals surface area contributed by atoms with Crippen molar-refractivity contribution >= 4 is 0 Å². The Kier molecular flexibility index (Phi) is 4.53. The molecule has 1 heterocycles. The Hall–Kier alpha value is -1.42. The van der Waals surface area contributed by atoms with Gasteiger partial charge in [0.2, 0.25) is 6.79 Å². The summed E-state index contributed by atoms with van der Waals surface area (Å²) in [5.41, 5.74) is 0.848. The summed E-state index contributed by atoms with van der Waals surface area (Å²) in [6.45, 7) is 7.51. The molecule has 0 saturated carbocycles. The van der Waals surface area contributed by atoms with Crippen molar-refractivity contribution in [1.82, 2.24) is 5.32 Å². The van der Waals surface area contributed by atoms with Gasteiger partial charge in [0.15, 0.2) is 11.5 Å². The van der Waals surface area contributed by atoms with Gasteiger partial charge in [-0.3, -0.25) is 0 Å². The first-order valence-electron chi connectivity index (χ1n) is 6.91. The molecule has 1 aromatic carbocycles. The Morgan fingerprint density at radius 2 is 1.84 bits per heavy atom. The third-order valence-electron chi connectivity index (χ3n) is 3.39. The average molecular weight is 265 g/mol. The molecule has 0 radical (unpaired) electrons. The summed E-state index contributed by atoms with van der Waals surface area (Å²) in [6, 6.07) is 3.91. The molecule has 1 aliphatic rings. The predicted octanol–water partition coefficient (Wildman–Crippen LogP) is 3.04. The minimum Gasteiger partial charge on any atom is -0.507 e. The fourth-order valence-corrected chi connectivity index (χ4v) is 2.08. The third kappa shape index (κ3) is 3.77. The van der Waals surface area contributed by atoms with E-state index in [0.717, 1.165) is 17.9 Å². The number of rotatable bonds is 6. The van der Waals surface area contributed by atoms with Crippen LogP contribution >= 0.6 is 0 Å². The Labute approximate surface area is 114 Å². The second-order valence-corrected chi connectivity index (χ2v) is 5.59. The number of hydrogen-bond donors (Lipinski definition) is 2. The Balaban J connectivity index is 1.89. The number of nitrogens with one attached hydrogen (secondary N) is 1. The molecule has 19 heavy (non-hydrogen) atoms. The lowest BCUT2D eigenvalue weighted by Crippen LogP contribution is -2.25. The summed E-state index contributed by atoms with van der Waals surface area (Å²) < 4.78 is 10.5. The van der Waals surface area contributed by atoms with Crippen molar-refractivity contribution < 1.29 is 14.6 Å². The maximum absolute atomic E-state index is 9.93. The van der Waals surface area contributed by atoms with E-state index in [1.807, 2.05) is 6.07 Å². The molecule has 4 heteroatoms. The third-order valence-corrected chi connectivity index (χ3v) is 3.39. The van der Waals surface area contributed by atoms with E-state index in [1.165, 1.54) is 6.42 Å². The van der Waals surface area contributed by atoms with E-state index < -0.39 is 0 Å². The molecule has 106 valence electrons. The van der Waals surface area contributed by atoms with Gasteiger partial charge in [0, 0.05) is 24.2 Å². The fraction of sp³-hybridized carbons (Fsp3) is 0.600. The molecule has 0 amide bonds. The van der Waals surface area contributed by atoms with Crippen LogP contribution in [0.1, 0.15) is 39.2 Å². The minimum absolute atomic E-state index is 0.233. The molecule has 0 bridgehead atoms. The highest BCUT2D eigenvalue weighted by molar-refractivity contribution is 5.51. The summed E-state index contributed by atoms with van der Waals surface area (Å²) >= 11 is 0. The monoisotopic (exact) mass is 265 g/mol. The Morgan fingerprint density at radius 3 is 2.53 bits per heavy atom. The molecule has 1 atom stereocenters. The van der Waals surface area contributed by atoms with E-state index in [-0.39, 0.29) is 12.5 Å². The first-order valence-corrected chi connectivity index (χ1v) is 6.91. The molecule has 1 unspecified atom stereocenters. The zero-order chi connectivity index (χ0) is 13.8. The molecule has 4 nitrogen and oxygen atoms in total. The van der Waals surface area contributed by atoms with Crippen molar-refractivity contribution in [3.63, 3.8) is 0 Å². The number of ether oxygens (including phenoxy) is 2. The molecule has 0 aliphatic carbocycles. The zero-order valence-corrected chi connectivity index (χ0v) is 11.9. The quantitative estimate of drug-likeness (QED) is 0.830. The molecule has 0 aromatic heterocycles. The number of aromatic hydroxyl groups is 1. The zero-order valence-electron chi connectivity index (χ0n) is 11.9.